The molecule has 4 heteroatoms. The Bertz CT molecular complexity index is 723. The number of carbonyl (C=O) groups excluding carboxylic acids is 1. The van der Waals surface area contributed by atoms with E-state index in [1.54, 1.807) is 13.0 Å². The molecule has 0 radical (unpaired) electrons. The number of aryl methyl sites for hydroxylation is 1. The third-order valence-corrected chi connectivity index (χ3v) is 4.36. The van der Waals surface area contributed by atoms with Gasteiger partial charge in [0.25, 0.3) is 5.91 Å². The number of rotatable bonds is 3. The number of halogens is 2. The maximum Gasteiger partial charge on any atom is 0.251 e. The summed E-state index contributed by atoms with van der Waals surface area (Å²) in [5.74, 6) is -0.900. The van der Waals surface area contributed by atoms with Gasteiger partial charge in [-0.15, -0.1) is 0 Å². The summed E-state index contributed by atoms with van der Waals surface area (Å²) in [5, 5.41) is 3.01. The van der Waals surface area contributed by atoms with E-state index in [9.17, 15) is 13.6 Å². The van der Waals surface area contributed by atoms with E-state index in [0.29, 0.717) is 11.1 Å². The maximum absolute atomic E-state index is 13.5. The Morgan fingerprint density at radius 2 is 1.91 bits per heavy atom. The topological polar surface area (TPSA) is 29.1 Å². The van der Waals surface area contributed by atoms with Crippen molar-refractivity contribution in [3.63, 3.8) is 0 Å². The van der Waals surface area contributed by atoms with E-state index < -0.39 is 5.54 Å². The van der Waals surface area contributed by atoms with Crippen LogP contribution >= 0.6 is 0 Å². The fourth-order valence-corrected chi connectivity index (χ4v) is 2.88. The van der Waals surface area contributed by atoms with Crippen LogP contribution in [0.4, 0.5) is 8.78 Å². The van der Waals surface area contributed by atoms with Crippen LogP contribution in [0.3, 0.4) is 0 Å². The number of carbonyl (C=O) groups is 1. The minimum atomic E-state index is -0.512. The molecule has 0 aromatic heterocycles. The molecule has 3 rings (SSSR count). The Balaban J connectivity index is 1.86. The molecule has 2 aromatic carbocycles. The van der Waals surface area contributed by atoms with Crippen molar-refractivity contribution in [2.24, 2.45) is 0 Å². The van der Waals surface area contributed by atoms with Crippen LogP contribution in [0, 0.1) is 18.6 Å². The Morgan fingerprint density at radius 1 is 1.14 bits per heavy atom. The molecular formula is C18H17F2NO. The Morgan fingerprint density at radius 3 is 2.50 bits per heavy atom. The summed E-state index contributed by atoms with van der Waals surface area (Å²) in [6.07, 6.45) is 2.55. The highest BCUT2D eigenvalue weighted by atomic mass is 19.1. The van der Waals surface area contributed by atoms with Gasteiger partial charge in [0.2, 0.25) is 0 Å². The lowest BCUT2D eigenvalue weighted by molar-refractivity contribution is 0.0822. The van der Waals surface area contributed by atoms with Gasteiger partial charge in [0, 0.05) is 5.56 Å². The second-order valence-corrected chi connectivity index (χ2v) is 5.86. The van der Waals surface area contributed by atoms with Crippen molar-refractivity contribution in [3.8, 4) is 0 Å². The molecule has 1 amide bonds. The molecule has 0 unspecified atom stereocenters. The van der Waals surface area contributed by atoms with Crippen LogP contribution in [0.25, 0.3) is 0 Å². The predicted octanol–water partition coefficient (Wildman–Crippen LogP) is 4.08. The number of benzene rings is 2. The maximum atomic E-state index is 13.5. The normalized spacial score (nSPS) is 16.0. The van der Waals surface area contributed by atoms with Gasteiger partial charge in [-0.05, 0) is 67.6 Å². The third kappa shape index (κ3) is 2.61. The fraction of sp³-hybridized carbons (Fsp3) is 0.278. The van der Waals surface area contributed by atoms with Gasteiger partial charge >= 0.3 is 0 Å². The summed E-state index contributed by atoms with van der Waals surface area (Å²) in [6, 6.07) is 10.6. The lowest BCUT2D eigenvalue weighted by Crippen LogP contribution is -2.50. The van der Waals surface area contributed by atoms with Crippen LogP contribution in [0.1, 0.15) is 40.7 Å². The molecule has 0 heterocycles. The van der Waals surface area contributed by atoms with Crippen molar-refractivity contribution in [1.29, 1.82) is 0 Å². The summed E-state index contributed by atoms with van der Waals surface area (Å²) in [5.41, 5.74) is 1.12. The van der Waals surface area contributed by atoms with E-state index >= 15 is 0 Å². The quantitative estimate of drug-likeness (QED) is 0.909. The van der Waals surface area contributed by atoms with Gasteiger partial charge in [-0.25, -0.2) is 8.78 Å². The first-order valence-corrected chi connectivity index (χ1v) is 7.35. The highest BCUT2D eigenvalue weighted by Gasteiger charge is 2.40. The van der Waals surface area contributed by atoms with Crippen molar-refractivity contribution in [2.45, 2.75) is 31.7 Å². The second kappa shape index (κ2) is 5.52. The van der Waals surface area contributed by atoms with Gasteiger partial charge in [0.1, 0.15) is 11.6 Å². The molecule has 1 aliphatic carbocycles. The molecule has 1 saturated carbocycles. The average molecular weight is 301 g/mol. The van der Waals surface area contributed by atoms with Crippen LogP contribution in [0.5, 0.6) is 0 Å². The highest BCUT2D eigenvalue weighted by Crippen LogP contribution is 2.41. The minimum absolute atomic E-state index is 0.257. The third-order valence-electron chi connectivity index (χ3n) is 4.36. The van der Waals surface area contributed by atoms with E-state index in [-0.39, 0.29) is 17.5 Å². The molecule has 114 valence electrons. The van der Waals surface area contributed by atoms with Crippen molar-refractivity contribution >= 4 is 5.91 Å². The Kier molecular flexibility index (Phi) is 3.69. The van der Waals surface area contributed by atoms with Gasteiger partial charge in [0.15, 0.2) is 0 Å². The molecule has 1 aliphatic rings. The van der Waals surface area contributed by atoms with E-state index in [1.165, 1.54) is 30.3 Å². The molecule has 22 heavy (non-hydrogen) atoms. The molecule has 1 N–H and O–H groups in total. The van der Waals surface area contributed by atoms with Gasteiger partial charge in [0.05, 0.1) is 5.54 Å². The highest BCUT2D eigenvalue weighted by molar-refractivity contribution is 5.95. The number of hydrogen-bond acceptors (Lipinski definition) is 1. The monoisotopic (exact) mass is 301 g/mol. The average Bonchev–Trinajstić information content (AvgIpc) is 2.45. The molecule has 0 spiro atoms. The molecule has 0 bridgehead atoms. The van der Waals surface area contributed by atoms with E-state index in [2.05, 4.69) is 5.32 Å². The Hall–Kier alpha value is -2.23. The summed E-state index contributed by atoms with van der Waals surface area (Å²) in [4.78, 5) is 12.4. The van der Waals surface area contributed by atoms with Crippen molar-refractivity contribution in [3.05, 3.63) is 70.8 Å². The lowest BCUT2D eigenvalue weighted by atomic mass is 9.71. The Labute approximate surface area is 128 Å². The summed E-state index contributed by atoms with van der Waals surface area (Å²) < 4.78 is 26.8. The zero-order valence-electron chi connectivity index (χ0n) is 12.3. The van der Waals surface area contributed by atoms with Gasteiger partial charge in [-0.1, -0.05) is 12.1 Å². The molecule has 1 fully saturated rings. The predicted molar refractivity (Wildman–Crippen MR) is 80.5 cm³/mol. The first kappa shape index (κ1) is 14.7. The van der Waals surface area contributed by atoms with Crippen molar-refractivity contribution in [2.75, 3.05) is 0 Å². The summed E-state index contributed by atoms with van der Waals surface area (Å²) in [7, 11) is 0. The fourth-order valence-electron chi connectivity index (χ4n) is 2.88. The zero-order valence-corrected chi connectivity index (χ0v) is 12.3. The first-order chi connectivity index (χ1) is 10.5. The molecule has 0 aliphatic heterocycles. The van der Waals surface area contributed by atoms with E-state index in [0.717, 1.165) is 24.8 Å². The smallest absolute Gasteiger partial charge is 0.251 e. The molecule has 0 saturated heterocycles. The van der Waals surface area contributed by atoms with Gasteiger partial charge in [-0.2, -0.15) is 0 Å². The summed E-state index contributed by atoms with van der Waals surface area (Å²) >= 11 is 0. The number of hydrogen-bond donors (Lipinski definition) is 1. The molecule has 0 atom stereocenters. The van der Waals surface area contributed by atoms with Crippen LogP contribution < -0.4 is 5.32 Å². The molecule has 2 nitrogen and oxygen atoms in total. The SMILES string of the molecule is Cc1cc(C(=O)NC2(c3cccc(F)c3)CCC2)ccc1F. The van der Waals surface area contributed by atoms with Gasteiger partial charge in [-0.3, -0.25) is 4.79 Å². The second-order valence-electron chi connectivity index (χ2n) is 5.86. The first-order valence-electron chi connectivity index (χ1n) is 7.35. The summed E-state index contributed by atoms with van der Waals surface area (Å²) in [6.45, 7) is 1.62. The van der Waals surface area contributed by atoms with Gasteiger partial charge < -0.3 is 5.32 Å². The largest absolute Gasteiger partial charge is 0.343 e. The van der Waals surface area contributed by atoms with Crippen LogP contribution in [-0.2, 0) is 5.54 Å². The van der Waals surface area contributed by atoms with Crippen molar-refractivity contribution < 1.29 is 13.6 Å². The minimum Gasteiger partial charge on any atom is -0.343 e. The van der Waals surface area contributed by atoms with Crippen molar-refractivity contribution in [1.82, 2.24) is 5.32 Å². The molecular weight excluding hydrogens is 284 g/mol. The zero-order chi connectivity index (χ0) is 15.7. The number of amides is 1. The van der Waals surface area contributed by atoms with E-state index in [1.807, 2.05) is 6.07 Å². The van der Waals surface area contributed by atoms with Crippen LogP contribution in [-0.4, -0.2) is 5.91 Å². The molecule has 2 aromatic rings. The van der Waals surface area contributed by atoms with Crippen LogP contribution in [0.15, 0.2) is 42.5 Å². The number of nitrogens with one attached hydrogen (secondary N) is 1. The lowest BCUT2D eigenvalue weighted by Gasteiger charge is -2.43. The van der Waals surface area contributed by atoms with Crippen LogP contribution in [0.2, 0.25) is 0 Å². The standard InChI is InChI=1S/C18H17F2NO/c1-12-10-13(6-7-16(12)20)17(22)21-18(8-3-9-18)14-4-2-5-15(19)11-14/h2,4-7,10-11H,3,8-9H2,1H3,(H,21,22). The van der Waals surface area contributed by atoms with E-state index in [4.69, 9.17) is 0 Å².